The van der Waals surface area contributed by atoms with E-state index < -0.39 is 12.1 Å². The first-order valence-electron chi connectivity index (χ1n) is 9.88. The number of carbonyl (C=O) groups is 1. The molecule has 2 rings (SSSR count). The number of halogens is 1. The number of hydrogen-bond donors (Lipinski definition) is 2. The fraction of sp³-hybridized carbons (Fsp3) is 0.700. The van der Waals surface area contributed by atoms with Gasteiger partial charge >= 0.3 is 5.97 Å². The van der Waals surface area contributed by atoms with Crippen LogP contribution in [0.4, 0.5) is 10.2 Å². The molecular formula is C20H32FN3O3. The number of methoxy groups -OCH3 is 1. The summed E-state index contributed by atoms with van der Waals surface area (Å²) in [6.07, 6.45) is 4.65. The molecule has 0 aliphatic carbocycles. The zero-order valence-corrected chi connectivity index (χ0v) is 16.3. The van der Waals surface area contributed by atoms with Gasteiger partial charge in [0.1, 0.15) is 12.0 Å². The van der Waals surface area contributed by atoms with Gasteiger partial charge in [-0.2, -0.15) is 0 Å². The summed E-state index contributed by atoms with van der Waals surface area (Å²) >= 11 is 0. The number of nitrogens with one attached hydrogen (secondary N) is 1. The number of aromatic nitrogens is 1. The van der Waals surface area contributed by atoms with E-state index in [0.717, 1.165) is 56.7 Å². The Morgan fingerprint density at radius 2 is 2.19 bits per heavy atom. The molecule has 0 bridgehead atoms. The molecule has 1 aromatic rings. The molecule has 152 valence electrons. The minimum Gasteiger partial charge on any atom is -0.481 e. The molecule has 7 heteroatoms. The number of pyridine rings is 1. The number of hydrogen-bond acceptors (Lipinski definition) is 5. The monoisotopic (exact) mass is 381 g/mol. The molecule has 1 aliphatic heterocycles. The fourth-order valence-corrected chi connectivity index (χ4v) is 3.41. The van der Waals surface area contributed by atoms with Gasteiger partial charge in [-0.1, -0.05) is 6.07 Å². The van der Waals surface area contributed by atoms with Crippen LogP contribution < -0.4 is 5.32 Å². The fourth-order valence-electron chi connectivity index (χ4n) is 3.41. The van der Waals surface area contributed by atoms with Crippen molar-refractivity contribution in [1.29, 1.82) is 0 Å². The SMILES string of the molecule is COC[C@@H](F)CN(CCCCc1ccc2c(n1)NCCC2)CCCC(=O)O. The molecule has 2 N–H and O–H groups in total. The second-order valence-corrected chi connectivity index (χ2v) is 7.15. The third-order valence-electron chi connectivity index (χ3n) is 4.78. The molecule has 1 aliphatic rings. The highest BCUT2D eigenvalue weighted by Crippen LogP contribution is 2.20. The minimum absolute atomic E-state index is 0.0709. The van der Waals surface area contributed by atoms with Gasteiger partial charge in [0.05, 0.1) is 6.61 Å². The number of carboxylic acid groups (broad SMARTS) is 1. The van der Waals surface area contributed by atoms with Gasteiger partial charge in [0.25, 0.3) is 0 Å². The highest BCUT2D eigenvalue weighted by atomic mass is 19.1. The van der Waals surface area contributed by atoms with Crippen molar-refractivity contribution >= 4 is 11.8 Å². The van der Waals surface area contributed by atoms with Gasteiger partial charge in [0, 0.05) is 32.3 Å². The lowest BCUT2D eigenvalue weighted by atomic mass is 10.1. The zero-order chi connectivity index (χ0) is 19.5. The number of nitrogens with zero attached hydrogens (tertiary/aromatic N) is 2. The number of ether oxygens (including phenoxy) is 1. The molecule has 6 nitrogen and oxygen atoms in total. The smallest absolute Gasteiger partial charge is 0.303 e. The molecule has 1 atom stereocenters. The van der Waals surface area contributed by atoms with E-state index in [1.165, 1.54) is 12.7 Å². The van der Waals surface area contributed by atoms with Crippen molar-refractivity contribution in [2.24, 2.45) is 0 Å². The van der Waals surface area contributed by atoms with Crippen molar-refractivity contribution in [2.45, 2.75) is 51.1 Å². The molecule has 1 aromatic heterocycles. The number of unbranched alkanes of at least 4 members (excludes halogenated alkanes) is 1. The van der Waals surface area contributed by atoms with E-state index in [9.17, 15) is 9.18 Å². The van der Waals surface area contributed by atoms with Crippen LogP contribution in [-0.4, -0.2) is 67.0 Å². The number of fused-ring (bicyclic) bond motifs is 1. The van der Waals surface area contributed by atoms with Crippen LogP contribution in [0.3, 0.4) is 0 Å². The van der Waals surface area contributed by atoms with Gasteiger partial charge in [-0.25, -0.2) is 9.37 Å². The Balaban J connectivity index is 1.74. The molecule has 2 heterocycles. The van der Waals surface area contributed by atoms with Crippen LogP contribution in [0.5, 0.6) is 0 Å². The Morgan fingerprint density at radius 1 is 1.37 bits per heavy atom. The van der Waals surface area contributed by atoms with Crippen molar-refractivity contribution in [1.82, 2.24) is 9.88 Å². The Bertz CT molecular complexity index is 586. The summed E-state index contributed by atoms with van der Waals surface area (Å²) in [5.41, 5.74) is 2.38. The molecular weight excluding hydrogens is 349 g/mol. The minimum atomic E-state index is -1.05. The van der Waals surface area contributed by atoms with Gasteiger partial charge in [-0.3, -0.25) is 4.79 Å². The molecule has 0 fully saturated rings. The van der Waals surface area contributed by atoms with Crippen LogP contribution >= 0.6 is 0 Å². The Labute approximate surface area is 161 Å². The number of carboxylic acids is 1. The van der Waals surface area contributed by atoms with Crippen LogP contribution in [0.1, 0.15) is 43.4 Å². The standard InChI is InChI=1S/C20H32FN3O3/c1-27-15-17(21)14-24(13-5-8-19(25)26)12-3-2-7-18-10-9-16-6-4-11-22-20(16)23-18/h9-10,17H,2-8,11-15H2,1H3,(H,22,23)(H,25,26)/t17-/m0/s1. The lowest BCUT2D eigenvalue weighted by molar-refractivity contribution is -0.137. The second-order valence-electron chi connectivity index (χ2n) is 7.15. The van der Waals surface area contributed by atoms with E-state index in [1.54, 1.807) is 0 Å². The third-order valence-corrected chi connectivity index (χ3v) is 4.78. The number of alkyl halides is 1. The molecule has 0 amide bonds. The van der Waals surface area contributed by atoms with E-state index in [0.29, 0.717) is 13.0 Å². The molecule has 0 spiro atoms. The maximum Gasteiger partial charge on any atom is 0.303 e. The van der Waals surface area contributed by atoms with E-state index >= 15 is 0 Å². The Kier molecular flexibility index (Phi) is 9.48. The quantitative estimate of drug-likeness (QED) is 0.512. The number of rotatable bonds is 13. The van der Waals surface area contributed by atoms with Crippen LogP contribution in [0.2, 0.25) is 0 Å². The first-order valence-corrected chi connectivity index (χ1v) is 9.88. The van der Waals surface area contributed by atoms with Crippen LogP contribution in [0.15, 0.2) is 12.1 Å². The Hall–Kier alpha value is -1.73. The Morgan fingerprint density at radius 3 is 2.96 bits per heavy atom. The maximum absolute atomic E-state index is 13.9. The highest BCUT2D eigenvalue weighted by Gasteiger charge is 2.14. The molecule has 27 heavy (non-hydrogen) atoms. The maximum atomic E-state index is 13.9. The lowest BCUT2D eigenvalue weighted by Crippen LogP contribution is -2.34. The molecule has 0 aromatic carbocycles. The molecule has 0 saturated heterocycles. The van der Waals surface area contributed by atoms with Crippen molar-refractivity contribution in [3.8, 4) is 0 Å². The first-order chi connectivity index (χ1) is 13.1. The van der Waals surface area contributed by atoms with Gasteiger partial charge in [-0.05, 0) is 63.2 Å². The van der Waals surface area contributed by atoms with Crippen molar-refractivity contribution < 1.29 is 19.0 Å². The highest BCUT2D eigenvalue weighted by molar-refractivity contribution is 5.66. The summed E-state index contributed by atoms with van der Waals surface area (Å²) in [5.74, 6) is 0.213. The van der Waals surface area contributed by atoms with E-state index in [-0.39, 0.29) is 19.6 Å². The topological polar surface area (TPSA) is 74.7 Å². The van der Waals surface area contributed by atoms with E-state index in [1.807, 2.05) is 4.90 Å². The summed E-state index contributed by atoms with van der Waals surface area (Å²) < 4.78 is 18.7. The van der Waals surface area contributed by atoms with E-state index in [4.69, 9.17) is 14.8 Å². The summed E-state index contributed by atoms with van der Waals surface area (Å²) in [6.45, 7) is 2.70. The van der Waals surface area contributed by atoms with Crippen molar-refractivity contribution in [3.05, 3.63) is 23.4 Å². The molecule has 0 unspecified atom stereocenters. The summed E-state index contributed by atoms with van der Waals surface area (Å²) in [5, 5.41) is 12.1. The van der Waals surface area contributed by atoms with Gasteiger partial charge in [0.15, 0.2) is 0 Å². The van der Waals surface area contributed by atoms with E-state index in [2.05, 4.69) is 17.4 Å². The van der Waals surface area contributed by atoms with Gasteiger partial charge in [0.2, 0.25) is 0 Å². The largest absolute Gasteiger partial charge is 0.481 e. The van der Waals surface area contributed by atoms with Gasteiger partial charge in [-0.15, -0.1) is 0 Å². The molecule has 0 saturated carbocycles. The van der Waals surface area contributed by atoms with Gasteiger partial charge < -0.3 is 20.1 Å². The van der Waals surface area contributed by atoms with Crippen LogP contribution in [0, 0.1) is 0 Å². The van der Waals surface area contributed by atoms with Crippen LogP contribution in [0.25, 0.3) is 0 Å². The first kappa shape index (κ1) is 21.6. The van der Waals surface area contributed by atoms with Crippen molar-refractivity contribution in [2.75, 3.05) is 45.2 Å². The van der Waals surface area contributed by atoms with Crippen molar-refractivity contribution in [3.63, 3.8) is 0 Å². The predicted molar refractivity (Wildman–Crippen MR) is 104 cm³/mol. The summed E-state index contributed by atoms with van der Waals surface area (Å²) in [7, 11) is 1.49. The lowest BCUT2D eigenvalue weighted by Gasteiger charge is -2.23. The summed E-state index contributed by atoms with van der Waals surface area (Å²) in [4.78, 5) is 17.4. The van der Waals surface area contributed by atoms with Crippen LogP contribution in [-0.2, 0) is 22.4 Å². The molecule has 0 radical (unpaired) electrons. The normalized spacial score (nSPS) is 14.6. The number of aliphatic carboxylic acids is 1. The second kappa shape index (κ2) is 11.9. The zero-order valence-electron chi connectivity index (χ0n) is 16.3. The number of anilines is 1. The average molecular weight is 381 g/mol. The summed E-state index contributed by atoms with van der Waals surface area (Å²) in [6, 6.07) is 4.27. The average Bonchev–Trinajstić information content (AvgIpc) is 2.64. The number of aryl methyl sites for hydroxylation is 2. The predicted octanol–water partition coefficient (Wildman–Crippen LogP) is 2.91. The third kappa shape index (κ3) is 8.22.